The van der Waals surface area contributed by atoms with E-state index >= 15 is 0 Å². The fourth-order valence-corrected chi connectivity index (χ4v) is 3.24. The van der Waals surface area contributed by atoms with Crippen LogP contribution in [0.25, 0.3) is 5.69 Å². The number of esters is 1. The third-order valence-corrected chi connectivity index (χ3v) is 4.50. The van der Waals surface area contributed by atoms with Crippen LogP contribution in [0.1, 0.15) is 6.92 Å². The van der Waals surface area contributed by atoms with Gasteiger partial charge in [0.15, 0.2) is 5.16 Å². The molecule has 2 aromatic rings. The van der Waals surface area contributed by atoms with E-state index < -0.39 is 0 Å². The largest absolute Gasteiger partial charge is 0.465 e. The molecule has 0 aliphatic carbocycles. The molecular weight excluding hydrogens is 347 g/mol. The Morgan fingerprint density at radius 2 is 2.16 bits per heavy atom. The van der Waals surface area contributed by atoms with Crippen molar-refractivity contribution in [3.63, 3.8) is 0 Å². The highest BCUT2D eigenvalue weighted by atomic mass is 32.2. The van der Waals surface area contributed by atoms with Crippen molar-refractivity contribution in [2.45, 2.75) is 12.1 Å². The molecule has 0 spiro atoms. The maximum atomic E-state index is 13.7. The number of morpholine rings is 1. The molecule has 0 N–H and O–H groups in total. The summed E-state index contributed by atoms with van der Waals surface area (Å²) in [6.07, 6.45) is 0. The highest BCUT2D eigenvalue weighted by molar-refractivity contribution is 7.99. The quantitative estimate of drug-likeness (QED) is 0.571. The highest BCUT2D eigenvalue weighted by Gasteiger charge is 2.22. The summed E-state index contributed by atoms with van der Waals surface area (Å²) in [5, 5.41) is 8.96. The molecular formula is C16H19FN4O3S. The van der Waals surface area contributed by atoms with Crippen molar-refractivity contribution >= 4 is 23.7 Å². The van der Waals surface area contributed by atoms with E-state index in [2.05, 4.69) is 10.2 Å². The van der Waals surface area contributed by atoms with Crippen LogP contribution in [0.4, 0.5) is 10.3 Å². The summed E-state index contributed by atoms with van der Waals surface area (Å²) in [7, 11) is 0. The van der Waals surface area contributed by atoms with Crippen LogP contribution in [0.5, 0.6) is 0 Å². The topological polar surface area (TPSA) is 69.5 Å². The van der Waals surface area contributed by atoms with Gasteiger partial charge in [0.1, 0.15) is 5.82 Å². The number of hydrogen-bond donors (Lipinski definition) is 0. The molecule has 1 fully saturated rings. The molecule has 0 amide bonds. The molecule has 134 valence electrons. The Balaban J connectivity index is 1.91. The second kappa shape index (κ2) is 8.30. The molecule has 1 aliphatic heterocycles. The van der Waals surface area contributed by atoms with Crippen LogP contribution in [-0.2, 0) is 14.3 Å². The SMILES string of the molecule is CCOC(=O)CSc1nnc(N2CCOCC2)n1-c1cccc(F)c1. The lowest BCUT2D eigenvalue weighted by Crippen LogP contribution is -2.37. The minimum atomic E-state index is -0.347. The van der Waals surface area contributed by atoms with E-state index in [-0.39, 0.29) is 17.5 Å². The van der Waals surface area contributed by atoms with Crippen LogP contribution in [0, 0.1) is 5.82 Å². The summed E-state index contributed by atoms with van der Waals surface area (Å²) >= 11 is 1.22. The van der Waals surface area contributed by atoms with Gasteiger partial charge in [-0.1, -0.05) is 17.8 Å². The van der Waals surface area contributed by atoms with Crippen molar-refractivity contribution in [2.24, 2.45) is 0 Å². The van der Waals surface area contributed by atoms with Gasteiger partial charge in [0.2, 0.25) is 5.95 Å². The number of carbonyl (C=O) groups excluding carboxylic acids is 1. The molecule has 2 heterocycles. The van der Waals surface area contributed by atoms with Crippen molar-refractivity contribution in [3.05, 3.63) is 30.1 Å². The number of ether oxygens (including phenoxy) is 2. The molecule has 1 aromatic heterocycles. The first kappa shape index (κ1) is 17.7. The van der Waals surface area contributed by atoms with Gasteiger partial charge in [0.25, 0.3) is 0 Å². The standard InChI is InChI=1S/C16H19FN4O3S/c1-2-24-14(22)11-25-16-19-18-15(20-6-8-23-9-7-20)21(16)13-5-3-4-12(17)10-13/h3-5,10H,2,6-9,11H2,1H3. The summed E-state index contributed by atoms with van der Waals surface area (Å²) in [5.41, 5.74) is 0.609. The van der Waals surface area contributed by atoms with E-state index in [0.29, 0.717) is 49.7 Å². The Bertz CT molecular complexity index is 734. The summed E-state index contributed by atoms with van der Waals surface area (Å²) < 4.78 is 25.8. The number of anilines is 1. The molecule has 9 heteroatoms. The first-order valence-electron chi connectivity index (χ1n) is 8.01. The predicted octanol–water partition coefficient (Wildman–Crippen LogP) is 1.90. The van der Waals surface area contributed by atoms with Crippen LogP contribution in [0.3, 0.4) is 0 Å². The lowest BCUT2D eigenvalue weighted by Gasteiger charge is -2.27. The van der Waals surface area contributed by atoms with E-state index in [1.54, 1.807) is 23.6 Å². The van der Waals surface area contributed by atoms with Crippen molar-refractivity contribution in [1.29, 1.82) is 0 Å². The van der Waals surface area contributed by atoms with Gasteiger partial charge in [0, 0.05) is 13.1 Å². The van der Waals surface area contributed by atoms with Gasteiger partial charge in [-0.3, -0.25) is 9.36 Å². The Hall–Kier alpha value is -2.13. The second-order valence-corrected chi connectivity index (χ2v) is 6.23. The summed E-state index contributed by atoms with van der Waals surface area (Å²) in [6, 6.07) is 6.22. The Kier molecular flexibility index (Phi) is 5.87. The molecule has 0 bridgehead atoms. The normalized spacial score (nSPS) is 14.6. The molecule has 0 unspecified atom stereocenters. The van der Waals surface area contributed by atoms with Gasteiger partial charge in [-0.25, -0.2) is 4.39 Å². The third kappa shape index (κ3) is 4.29. The molecule has 1 aliphatic rings. The smallest absolute Gasteiger partial charge is 0.316 e. The summed E-state index contributed by atoms with van der Waals surface area (Å²) in [6.45, 7) is 4.64. The van der Waals surface area contributed by atoms with E-state index in [9.17, 15) is 9.18 Å². The van der Waals surface area contributed by atoms with Gasteiger partial charge in [-0.05, 0) is 25.1 Å². The Labute approximate surface area is 149 Å². The lowest BCUT2D eigenvalue weighted by molar-refractivity contribution is -0.139. The first-order chi connectivity index (χ1) is 12.2. The van der Waals surface area contributed by atoms with Crippen molar-refractivity contribution < 1.29 is 18.7 Å². The molecule has 1 saturated heterocycles. The number of hydrogen-bond acceptors (Lipinski definition) is 7. The van der Waals surface area contributed by atoms with Crippen LogP contribution in [0.15, 0.2) is 29.4 Å². The summed E-state index contributed by atoms with van der Waals surface area (Å²) in [4.78, 5) is 13.7. The fraction of sp³-hybridized carbons (Fsp3) is 0.438. The maximum Gasteiger partial charge on any atom is 0.316 e. The predicted molar refractivity (Wildman–Crippen MR) is 91.7 cm³/mol. The number of benzene rings is 1. The average Bonchev–Trinajstić information content (AvgIpc) is 3.05. The molecule has 3 rings (SSSR count). The zero-order valence-electron chi connectivity index (χ0n) is 13.9. The minimum absolute atomic E-state index is 0.115. The Morgan fingerprint density at radius 3 is 2.88 bits per heavy atom. The molecule has 7 nitrogen and oxygen atoms in total. The van der Waals surface area contributed by atoms with Crippen LogP contribution in [0.2, 0.25) is 0 Å². The number of halogens is 1. The average molecular weight is 366 g/mol. The van der Waals surface area contributed by atoms with Crippen molar-refractivity contribution in [1.82, 2.24) is 14.8 Å². The fourth-order valence-electron chi connectivity index (χ4n) is 2.49. The molecule has 0 radical (unpaired) electrons. The van der Waals surface area contributed by atoms with E-state index in [0.717, 1.165) is 0 Å². The van der Waals surface area contributed by atoms with Gasteiger partial charge < -0.3 is 14.4 Å². The number of nitrogens with zero attached hydrogens (tertiary/aromatic N) is 4. The first-order valence-corrected chi connectivity index (χ1v) is 9.00. The zero-order chi connectivity index (χ0) is 17.6. The molecule has 1 aromatic carbocycles. The lowest BCUT2D eigenvalue weighted by atomic mass is 10.3. The molecule has 0 atom stereocenters. The van der Waals surface area contributed by atoms with Gasteiger partial charge in [0.05, 0.1) is 31.3 Å². The van der Waals surface area contributed by atoms with E-state index in [4.69, 9.17) is 9.47 Å². The maximum absolute atomic E-state index is 13.7. The molecule has 25 heavy (non-hydrogen) atoms. The zero-order valence-corrected chi connectivity index (χ0v) is 14.7. The number of aromatic nitrogens is 3. The van der Waals surface area contributed by atoms with Crippen molar-refractivity contribution in [2.75, 3.05) is 43.6 Å². The number of carbonyl (C=O) groups is 1. The summed E-state index contributed by atoms with van der Waals surface area (Å²) in [5.74, 6) is 0.0552. The Morgan fingerprint density at radius 1 is 1.36 bits per heavy atom. The third-order valence-electron chi connectivity index (χ3n) is 3.60. The van der Waals surface area contributed by atoms with Crippen molar-refractivity contribution in [3.8, 4) is 5.69 Å². The van der Waals surface area contributed by atoms with E-state index in [1.807, 2.05) is 4.90 Å². The highest BCUT2D eigenvalue weighted by Crippen LogP contribution is 2.27. The molecule has 0 saturated carbocycles. The van der Waals surface area contributed by atoms with E-state index in [1.165, 1.54) is 23.9 Å². The second-order valence-electron chi connectivity index (χ2n) is 5.29. The monoisotopic (exact) mass is 366 g/mol. The van der Waals surface area contributed by atoms with Gasteiger partial charge in [-0.2, -0.15) is 0 Å². The van der Waals surface area contributed by atoms with Gasteiger partial charge >= 0.3 is 5.97 Å². The number of thioether (sulfide) groups is 1. The minimum Gasteiger partial charge on any atom is -0.465 e. The number of rotatable bonds is 6. The van der Waals surface area contributed by atoms with Crippen LogP contribution in [-0.4, -0.2) is 59.4 Å². The van der Waals surface area contributed by atoms with Crippen LogP contribution >= 0.6 is 11.8 Å². The van der Waals surface area contributed by atoms with Gasteiger partial charge in [-0.15, -0.1) is 10.2 Å². The van der Waals surface area contributed by atoms with Crippen LogP contribution < -0.4 is 4.90 Å².